The predicted octanol–water partition coefficient (Wildman–Crippen LogP) is 1.02. The summed E-state index contributed by atoms with van der Waals surface area (Å²) in [5.74, 6) is -0.835. The first-order valence-electron chi connectivity index (χ1n) is 7.27. The fourth-order valence-corrected chi connectivity index (χ4v) is 2.27. The maximum Gasteiger partial charge on any atom is 0.305 e. The molecule has 0 aliphatic carbocycles. The van der Waals surface area contributed by atoms with Crippen LogP contribution in [0.1, 0.15) is 28.5 Å². The van der Waals surface area contributed by atoms with Gasteiger partial charge in [0.2, 0.25) is 0 Å². The number of carboxylic acids is 1. The van der Waals surface area contributed by atoms with Crippen LogP contribution < -0.4 is 20.5 Å². The van der Waals surface area contributed by atoms with Crippen LogP contribution in [0.15, 0.2) is 30.6 Å². The van der Waals surface area contributed by atoms with Crippen LogP contribution in [0.2, 0.25) is 0 Å². The van der Waals surface area contributed by atoms with Gasteiger partial charge in [-0.1, -0.05) is 0 Å². The predicted molar refractivity (Wildman–Crippen MR) is 88.5 cm³/mol. The van der Waals surface area contributed by atoms with E-state index in [2.05, 4.69) is 15.3 Å². The quantitative estimate of drug-likeness (QED) is 0.676. The molecule has 9 heteroatoms. The molecule has 1 aromatic heterocycles. The highest BCUT2D eigenvalue weighted by Crippen LogP contribution is 2.31. The zero-order chi connectivity index (χ0) is 18.4. The van der Waals surface area contributed by atoms with Crippen molar-refractivity contribution in [3.8, 4) is 11.5 Å². The van der Waals surface area contributed by atoms with E-state index in [-0.39, 0.29) is 17.9 Å². The second kappa shape index (κ2) is 7.95. The molecule has 1 atom stereocenters. The maximum atomic E-state index is 12.4. The molecule has 1 amide bonds. The largest absolute Gasteiger partial charge is 0.497 e. The summed E-state index contributed by atoms with van der Waals surface area (Å²) in [4.78, 5) is 31.3. The number of benzene rings is 1. The van der Waals surface area contributed by atoms with E-state index in [0.29, 0.717) is 17.1 Å². The number of hydrogen-bond donors (Lipinski definition) is 3. The number of carbonyl (C=O) groups excluding carboxylic acids is 1. The first kappa shape index (κ1) is 18.0. The van der Waals surface area contributed by atoms with Gasteiger partial charge in [0.25, 0.3) is 5.91 Å². The van der Waals surface area contributed by atoms with Crippen molar-refractivity contribution in [3.63, 3.8) is 0 Å². The molecule has 0 radical (unpaired) electrons. The van der Waals surface area contributed by atoms with Crippen LogP contribution in [-0.4, -0.2) is 41.2 Å². The molecule has 4 N–H and O–H groups in total. The normalized spacial score (nSPS) is 11.4. The number of aliphatic carboxylic acids is 1. The highest BCUT2D eigenvalue weighted by atomic mass is 16.5. The Morgan fingerprint density at radius 3 is 2.56 bits per heavy atom. The maximum absolute atomic E-state index is 12.4. The van der Waals surface area contributed by atoms with Crippen molar-refractivity contribution in [2.24, 2.45) is 0 Å². The molecule has 2 rings (SSSR count). The minimum Gasteiger partial charge on any atom is -0.497 e. The molecule has 0 saturated carbocycles. The molecule has 0 aliphatic rings. The number of nitrogens with one attached hydrogen (secondary N) is 1. The van der Waals surface area contributed by atoms with Gasteiger partial charge in [-0.2, -0.15) is 0 Å². The second-order valence-corrected chi connectivity index (χ2v) is 5.02. The van der Waals surface area contributed by atoms with Crippen molar-refractivity contribution in [1.82, 2.24) is 15.3 Å². The molecule has 1 heterocycles. The van der Waals surface area contributed by atoms with E-state index in [4.69, 9.17) is 15.2 Å². The summed E-state index contributed by atoms with van der Waals surface area (Å²) in [7, 11) is 2.94. The Morgan fingerprint density at radius 1 is 1.24 bits per heavy atom. The van der Waals surface area contributed by atoms with Gasteiger partial charge in [-0.3, -0.25) is 9.59 Å². The van der Waals surface area contributed by atoms with E-state index in [1.807, 2.05) is 0 Å². The van der Waals surface area contributed by atoms with Gasteiger partial charge < -0.3 is 25.6 Å². The fourth-order valence-electron chi connectivity index (χ4n) is 2.27. The molecule has 2 aromatic rings. The zero-order valence-electron chi connectivity index (χ0n) is 13.7. The van der Waals surface area contributed by atoms with Crippen LogP contribution >= 0.6 is 0 Å². The molecule has 0 spiro atoms. The SMILES string of the molecule is COc1ccc(C(CC(=O)O)NC(=O)c2nccnc2N)c(OC)c1. The zero-order valence-corrected chi connectivity index (χ0v) is 13.7. The summed E-state index contributed by atoms with van der Waals surface area (Å²) in [5, 5.41) is 11.8. The highest BCUT2D eigenvalue weighted by molar-refractivity contribution is 5.96. The van der Waals surface area contributed by atoms with E-state index < -0.39 is 17.9 Å². The van der Waals surface area contributed by atoms with Gasteiger partial charge in [0.1, 0.15) is 11.5 Å². The summed E-state index contributed by atoms with van der Waals surface area (Å²) in [6, 6.07) is 4.03. The minimum absolute atomic E-state index is 0.0456. The first-order chi connectivity index (χ1) is 12.0. The third-order valence-electron chi connectivity index (χ3n) is 3.44. The lowest BCUT2D eigenvalue weighted by Crippen LogP contribution is -2.31. The molecule has 132 valence electrons. The van der Waals surface area contributed by atoms with Gasteiger partial charge in [0, 0.05) is 24.0 Å². The lowest BCUT2D eigenvalue weighted by molar-refractivity contribution is -0.137. The Kier molecular flexibility index (Phi) is 5.72. The number of rotatable bonds is 7. The number of aromatic nitrogens is 2. The topological polar surface area (TPSA) is 137 Å². The molecular weight excluding hydrogens is 328 g/mol. The molecule has 1 unspecified atom stereocenters. The van der Waals surface area contributed by atoms with Gasteiger partial charge in [-0.25, -0.2) is 9.97 Å². The Hall–Kier alpha value is -3.36. The number of carboxylic acid groups (broad SMARTS) is 1. The van der Waals surface area contributed by atoms with Gasteiger partial charge in [0.05, 0.1) is 26.7 Å². The number of amides is 1. The van der Waals surface area contributed by atoms with Gasteiger partial charge >= 0.3 is 5.97 Å². The van der Waals surface area contributed by atoms with Crippen molar-refractivity contribution in [3.05, 3.63) is 41.9 Å². The third-order valence-corrected chi connectivity index (χ3v) is 3.44. The van der Waals surface area contributed by atoms with Crippen molar-refractivity contribution < 1.29 is 24.2 Å². The van der Waals surface area contributed by atoms with Crippen LogP contribution in [0, 0.1) is 0 Å². The number of nitrogen functional groups attached to an aromatic ring is 1. The lowest BCUT2D eigenvalue weighted by atomic mass is 10.0. The molecule has 0 saturated heterocycles. The Bertz CT molecular complexity index is 781. The molecule has 25 heavy (non-hydrogen) atoms. The molecule has 0 bridgehead atoms. The standard InChI is InChI=1S/C16H18N4O5/c1-24-9-3-4-10(12(7-9)25-2)11(8-13(21)22)20-16(23)14-15(17)19-6-5-18-14/h3-7,11H,8H2,1-2H3,(H2,17,19)(H,20,23)(H,21,22). The van der Waals surface area contributed by atoms with Gasteiger partial charge in [0.15, 0.2) is 11.5 Å². The Morgan fingerprint density at radius 2 is 1.96 bits per heavy atom. The van der Waals surface area contributed by atoms with Crippen molar-refractivity contribution in [1.29, 1.82) is 0 Å². The molecule has 1 aromatic carbocycles. The molecule has 9 nitrogen and oxygen atoms in total. The van der Waals surface area contributed by atoms with E-state index >= 15 is 0 Å². The molecule has 0 aliphatic heterocycles. The van der Waals surface area contributed by atoms with Crippen LogP contribution in [0.3, 0.4) is 0 Å². The van der Waals surface area contributed by atoms with E-state index in [1.165, 1.54) is 26.6 Å². The number of ether oxygens (including phenoxy) is 2. The van der Waals surface area contributed by atoms with Crippen LogP contribution in [0.5, 0.6) is 11.5 Å². The smallest absolute Gasteiger partial charge is 0.305 e. The summed E-state index contributed by atoms with van der Waals surface area (Å²) in [5.41, 5.74) is 6.05. The number of nitrogens with two attached hydrogens (primary N) is 1. The molecule has 0 fully saturated rings. The van der Waals surface area contributed by atoms with Crippen LogP contribution in [0.4, 0.5) is 5.82 Å². The summed E-state index contributed by atoms with van der Waals surface area (Å²) < 4.78 is 10.4. The average Bonchev–Trinajstić information content (AvgIpc) is 2.60. The van der Waals surface area contributed by atoms with Crippen LogP contribution in [0.25, 0.3) is 0 Å². The molecular formula is C16H18N4O5. The van der Waals surface area contributed by atoms with E-state index in [0.717, 1.165) is 0 Å². The monoisotopic (exact) mass is 346 g/mol. The summed E-state index contributed by atoms with van der Waals surface area (Å²) >= 11 is 0. The van der Waals surface area contributed by atoms with Crippen molar-refractivity contribution in [2.45, 2.75) is 12.5 Å². The van der Waals surface area contributed by atoms with Crippen LogP contribution in [-0.2, 0) is 4.79 Å². The van der Waals surface area contributed by atoms with Gasteiger partial charge in [-0.15, -0.1) is 0 Å². The van der Waals surface area contributed by atoms with E-state index in [9.17, 15) is 14.7 Å². The number of methoxy groups -OCH3 is 2. The Balaban J connectivity index is 2.35. The second-order valence-electron chi connectivity index (χ2n) is 5.02. The number of nitrogens with zero attached hydrogens (tertiary/aromatic N) is 2. The number of carbonyl (C=O) groups is 2. The van der Waals surface area contributed by atoms with Crippen molar-refractivity contribution in [2.75, 3.05) is 20.0 Å². The van der Waals surface area contributed by atoms with Crippen molar-refractivity contribution >= 4 is 17.7 Å². The van der Waals surface area contributed by atoms with E-state index in [1.54, 1.807) is 18.2 Å². The lowest BCUT2D eigenvalue weighted by Gasteiger charge is -2.20. The average molecular weight is 346 g/mol. The Labute approximate surface area is 143 Å². The number of hydrogen-bond acceptors (Lipinski definition) is 7. The number of anilines is 1. The highest BCUT2D eigenvalue weighted by Gasteiger charge is 2.24. The summed E-state index contributed by atoms with van der Waals surface area (Å²) in [6.07, 6.45) is 2.33. The third kappa shape index (κ3) is 4.34. The summed E-state index contributed by atoms with van der Waals surface area (Å²) in [6.45, 7) is 0. The van der Waals surface area contributed by atoms with Gasteiger partial charge in [-0.05, 0) is 12.1 Å². The first-order valence-corrected chi connectivity index (χ1v) is 7.27. The fraction of sp³-hybridized carbons (Fsp3) is 0.250. The minimum atomic E-state index is -1.09.